The van der Waals surface area contributed by atoms with Crippen LogP contribution in [0.4, 0.5) is 4.79 Å². The summed E-state index contributed by atoms with van der Waals surface area (Å²) in [4.78, 5) is 16.4. The maximum absolute atomic E-state index is 12.0. The van der Waals surface area contributed by atoms with Crippen molar-refractivity contribution in [1.82, 2.24) is 15.6 Å². The number of nitrogens with one attached hydrogen (secondary N) is 2. The molecule has 2 amide bonds. The molecule has 0 saturated carbocycles. The van der Waals surface area contributed by atoms with E-state index in [-0.39, 0.29) is 18.2 Å². The molecule has 0 bridgehead atoms. The molecule has 0 radical (unpaired) electrons. The van der Waals surface area contributed by atoms with Crippen LogP contribution in [0.1, 0.15) is 41.6 Å². The van der Waals surface area contributed by atoms with E-state index >= 15 is 0 Å². The molecule has 1 aromatic heterocycles. The van der Waals surface area contributed by atoms with Crippen LogP contribution >= 0.6 is 11.3 Å². The van der Waals surface area contributed by atoms with E-state index in [1.54, 1.807) is 11.3 Å². The molecule has 24 heavy (non-hydrogen) atoms. The Morgan fingerprint density at radius 1 is 1.42 bits per heavy atom. The van der Waals surface area contributed by atoms with Crippen LogP contribution in [0, 0.1) is 6.92 Å². The summed E-state index contributed by atoms with van der Waals surface area (Å²) in [6.07, 6.45) is 1.00. The number of rotatable bonds is 5. The first-order valence-electron chi connectivity index (χ1n) is 8.24. The number of carbonyl (C=O) groups is 1. The molecule has 3 atom stereocenters. The van der Waals surface area contributed by atoms with Crippen LogP contribution in [-0.4, -0.2) is 30.3 Å². The molecule has 128 valence electrons. The minimum atomic E-state index is -0.181. The van der Waals surface area contributed by atoms with E-state index < -0.39 is 0 Å². The number of nitrogens with zero attached hydrogens (tertiary/aromatic N) is 1. The second-order valence-electron chi connectivity index (χ2n) is 6.17. The molecule has 1 aromatic carbocycles. The number of hydrogen-bond donors (Lipinski definition) is 2. The van der Waals surface area contributed by atoms with Crippen molar-refractivity contribution in [2.45, 2.75) is 38.3 Å². The second-order valence-corrected chi connectivity index (χ2v) is 7.23. The van der Waals surface area contributed by atoms with Crippen molar-refractivity contribution < 1.29 is 9.53 Å². The molecule has 3 rings (SSSR count). The highest BCUT2D eigenvalue weighted by Gasteiger charge is 2.27. The van der Waals surface area contributed by atoms with Gasteiger partial charge in [-0.25, -0.2) is 9.78 Å². The van der Waals surface area contributed by atoms with Crippen molar-refractivity contribution in [3.8, 4) is 0 Å². The predicted molar refractivity (Wildman–Crippen MR) is 95.3 cm³/mol. The Morgan fingerprint density at radius 3 is 2.92 bits per heavy atom. The van der Waals surface area contributed by atoms with Gasteiger partial charge in [0.05, 0.1) is 29.5 Å². The first kappa shape index (κ1) is 16.9. The molecule has 6 heteroatoms. The van der Waals surface area contributed by atoms with Gasteiger partial charge in [0.1, 0.15) is 0 Å². The van der Waals surface area contributed by atoms with Crippen molar-refractivity contribution in [3.05, 3.63) is 52.0 Å². The highest BCUT2D eigenvalue weighted by Crippen LogP contribution is 2.28. The lowest BCUT2D eigenvalue weighted by atomic mass is 9.96. The maximum atomic E-state index is 12.0. The molecule has 1 saturated heterocycles. The summed E-state index contributed by atoms with van der Waals surface area (Å²) in [6, 6.07) is 10.1. The fourth-order valence-corrected chi connectivity index (χ4v) is 3.62. The van der Waals surface area contributed by atoms with Crippen molar-refractivity contribution in [1.29, 1.82) is 0 Å². The number of aromatic nitrogens is 1. The van der Waals surface area contributed by atoms with Crippen LogP contribution in [0.5, 0.6) is 0 Å². The third kappa shape index (κ3) is 4.33. The zero-order valence-corrected chi connectivity index (χ0v) is 14.8. The van der Waals surface area contributed by atoms with Gasteiger partial charge in [-0.2, -0.15) is 0 Å². The van der Waals surface area contributed by atoms with Crippen molar-refractivity contribution >= 4 is 17.4 Å². The Bertz CT molecular complexity index is 674. The number of hydrogen-bond acceptors (Lipinski definition) is 4. The van der Waals surface area contributed by atoms with Gasteiger partial charge in [-0.1, -0.05) is 30.3 Å². The van der Waals surface area contributed by atoms with Gasteiger partial charge in [0.25, 0.3) is 0 Å². The number of thiazole rings is 1. The summed E-state index contributed by atoms with van der Waals surface area (Å²) >= 11 is 1.59. The summed E-state index contributed by atoms with van der Waals surface area (Å²) in [6.45, 7) is 5.14. The Balaban J connectivity index is 1.42. The van der Waals surface area contributed by atoms with Crippen LogP contribution in [0.2, 0.25) is 0 Å². The van der Waals surface area contributed by atoms with Gasteiger partial charge < -0.3 is 15.4 Å². The van der Waals surface area contributed by atoms with Crippen LogP contribution in [-0.2, 0) is 4.74 Å². The summed E-state index contributed by atoms with van der Waals surface area (Å²) in [5.41, 5.74) is 2.20. The Kier molecular flexibility index (Phi) is 5.48. The van der Waals surface area contributed by atoms with E-state index in [2.05, 4.69) is 39.9 Å². The fourth-order valence-electron chi connectivity index (χ4n) is 2.91. The van der Waals surface area contributed by atoms with Crippen molar-refractivity contribution in [3.63, 3.8) is 0 Å². The molecule has 0 aliphatic carbocycles. The molecule has 2 heterocycles. The third-order valence-corrected chi connectivity index (χ3v) is 5.06. The van der Waals surface area contributed by atoms with E-state index in [9.17, 15) is 4.79 Å². The molecule has 2 N–H and O–H groups in total. The molecular formula is C18H23N3O2S. The molecule has 0 spiro atoms. The smallest absolute Gasteiger partial charge is 0.315 e. The molecule has 1 unspecified atom stereocenters. The number of benzene rings is 1. The first-order valence-corrected chi connectivity index (χ1v) is 9.12. The monoisotopic (exact) mass is 345 g/mol. The topological polar surface area (TPSA) is 63.2 Å². The van der Waals surface area contributed by atoms with Gasteiger partial charge in [0.15, 0.2) is 0 Å². The van der Waals surface area contributed by atoms with E-state index in [1.165, 1.54) is 5.56 Å². The Hall–Kier alpha value is -1.92. The normalized spacial score (nSPS) is 21.4. The van der Waals surface area contributed by atoms with Crippen LogP contribution < -0.4 is 10.6 Å². The van der Waals surface area contributed by atoms with Gasteiger partial charge in [0.2, 0.25) is 0 Å². The van der Waals surface area contributed by atoms with E-state index in [4.69, 9.17) is 4.74 Å². The van der Waals surface area contributed by atoms with E-state index in [0.29, 0.717) is 19.1 Å². The maximum Gasteiger partial charge on any atom is 0.315 e. The summed E-state index contributed by atoms with van der Waals surface area (Å²) in [7, 11) is 0. The third-order valence-electron chi connectivity index (χ3n) is 4.27. The zero-order valence-electron chi connectivity index (χ0n) is 14.0. The minimum Gasteiger partial charge on any atom is -0.376 e. The van der Waals surface area contributed by atoms with E-state index in [1.807, 2.05) is 25.3 Å². The summed E-state index contributed by atoms with van der Waals surface area (Å²) < 4.78 is 5.81. The van der Waals surface area contributed by atoms with Gasteiger partial charge in [-0.15, -0.1) is 11.3 Å². The number of amides is 2. The second kappa shape index (κ2) is 7.77. The highest BCUT2D eigenvalue weighted by molar-refractivity contribution is 7.09. The quantitative estimate of drug-likeness (QED) is 0.873. The van der Waals surface area contributed by atoms with Crippen molar-refractivity contribution in [2.75, 3.05) is 13.2 Å². The lowest BCUT2D eigenvalue weighted by Crippen LogP contribution is -2.40. The van der Waals surface area contributed by atoms with Gasteiger partial charge in [-0.3, -0.25) is 0 Å². The largest absolute Gasteiger partial charge is 0.376 e. The van der Waals surface area contributed by atoms with Crippen LogP contribution in [0.15, 0.2) is 35.7 Å². The molecular weight excluding hydrogens is 322 g/mol. The number of ether oxygens (including phenoxy) is 1. The number of aryl methyl sites for hydroxylation is 1. The van der Waals surface area contributed by atoms with Gasteiger partial charge in [0, 0.05) is 17.8 Å². The first-order chi connectivity index (χ1) is 11.6. The Morgan fingerprint density at radius 2 is 2.21 bits per heavy atom. The SMILES string of the molecule is Cc1nc(C(C)NC(=O)NC[C@@H]2C[C@H](c3ccccc3)CO2)cs1. The molecule has 1 fully saturated rings. The predicted octanol–water partition coefficient (Wildman–Crippen LogP) is 3.38. The summed E-state index contributed by atoms with van der Waals surface area (Å²) in [5, 5.41) is 8.80. The molecule has 1 aliphatic heterocycles. The molecule has 2 aromatic rings. The average Bonchev–Trinajstić information content (AvgIpc) is 3.23. The lowest BCUT2D eigenvalue weighted by molar-refractivity contribution is 0.109. The summed E-state index contributed by atoms with van der Waals surface area (Å²) in [5.74, 6) is 0.415. The van der Waals surface area contributed by atoms with E-state index in [0.717, 1.165) is 17.1 Å². The standard InChI is InChI=1S/C18H23N3O2S/c1-12(17-11-24-13(2)21-17)20-18(22)19-9-16-8-15(10-23-16)14-6-4-3-5-7-14/h3-7,11-12,15-16H,8-10H2,1-2H3,(H2,19,20,22)/t12?,15-,16-/m0/s1. The van der Waals surface area contributed by atoms with Gasteiger partial charge >= 0.3 is 6.03 Å². The van der Waals surface area contributed by atoms with Crippen molar-refractivity contribution in [2.24, 2.45) is 0 Å². The fraction of sp³-hybridized carbons (Fsp3) is 0.444. The zero-order chi connectivity index (χ0) is 16.9. The lowest BCUT2D eigenvalue weighted by Gasteiger charge is -2.15. The average molecular weight is 345 g/mol. The minimum absolute atomic E-state index is 0.0674. The molecule has 5 nitrogen and oxygen atoms in total. The van der Waals surface area contributed by atoms with Gasteiger partial charge in [-0.05, 0) is 25.8 Å². The Labute approximate surface area is 146 Å². The highest BCUT2D eigenvalue weighted by atomic mass is 32.1. The van der Waals surface area contributed by atoms with Crippen LogP contribution in [0.25, 0.3) is 0 Å². The molecule has 1 aliphatic rings. The van der Waals surface area contributed by atoms with Crippen LogP contribution in [0.3, 0.4) is 0 Å². The number of urea groups is 1. The number of carbonyl (C=O) groups excluding carboxylic acids is 1.